The maximum atomic E-state index is 9.03. The Hall–Kier alpha value is -0.0800. The Kier molecular flexibility index (Phi) is 4.90. The predicted octanol–water partition coefficient (Wildman–Crippen LogP) is 2.51. The van der Waals surface area contributed by atoms with Crippen LogP contribution in [0, 0.1) is 17.8 Å². The molecule has 0 aromatic carbocycles. The average Bonchev–Trinajstić information content (AvgIpc) is 2.14. The summed E-state index contributed by atoms with van der Waals surface area (Å²) in [6, 6.07) is 0. The highest BCUT2D eigenvalue weighted by molar-refractivity contribution is 4.75. The lowest BCUT2D eigenvalue weighted by Gasteiger charge is -2.31. The van der Waals surface area contributed by atoms with Crippen molar-refractivity contribution in [3.8, 4) is 0 Å². The minimum Gasteiger partial charge on any atom is -0.379 e. The first-order chi connectivity index (χ1) is 6.59. The average molecular weight is 199 g/mol. The van der Waals surface area contributed by atoms with Crippen LogP contribution in [-0.4, -0.2) is 11.3 Å². The monoisotopic (exact) mass is 199 g/mol. The van der Waals surface area contributed by atoms with Crippen molar-refractivity contribution in [2.75, 3.05) is 0 Å². The summed E-state index contributed by atoms with van der Waals surface area (Å²) in [5, 5.41) is 9.03. The summed E-state index contributed by atoms with van der Waals surface area (Å²) in [7, 11) is 0. The molecule has 1 saturated carbocycles. The molecule has 2 nitrogen and oxygen atoms in total. The molecule has 1 aliphatic carbocycles. The van der Waals surface area contributed by atoms with Gasteiger partial charge in [-0.15, -0.1) is 0 Å². The standard InChI is InChI=1S/C12H25NO/c1-9-4-3-5-11(8-9)10(2)6-7-12(13)14/h9-12,14H,3-8,13H2,1-2H3/t9?,10?,11?,12-/m0/s1. The minimum atomic E-state index is -0.613. The molecule has 0 bridgehead atoms. The van der Waals surface area contributed by atoms with E-state index in [0.29, 0.717) is 0 Å². The first-order valence-corrected chi connectivity index (χ1v) is 6.03. The number of hydrogen-bond donors (Lipinski definition) is 2. The van der Waals surface area contributed by atoms with Crippen molar-refractivity contribution in [2.45, 2.75) is 58.6 Å². The molecule has 0 saturated heterocycles. The molecular formula is C12H25NO. The maximum Gasteiger partial charge on any atom is 0.102 e. The Morgan fingerprint density at radius 1 is 1.36 bits per heavy atom. The zero-order chi connectivity index (χ0) is 10.6. The Morgan fingerprint density at radius 2 is 2.07 bits per heavy atom. The number of hydrogen-bond acceptors (Lipinski definition) is 2. The molecule has 4 atom stereocenters. The first-order valence-electron chi connectivity index (χ1n) is 6.03. The molecule has 3 unspecified atom stereocenters. The molecule has 1 rings (SSSR count). The van der Waals surface area contributed by atoms with Crippen LogP contribution in [0.25, 0.3) is 0 Å². The Morgan fingerprint density at radius 3 is 2.64 bits per heavy atom. The molecule has 14 heavy (non-hydrogen) atoms. The summed E-state index contributed by atoms with van der Waals surface area (Å²) >= 11 is 0. The molecule has 0 aromatic rings. The SMILES string of the molecule is CC1CCCC(C(C)CC[C@@H](N)O)C1. The van der Waals surface area contributed by atoms with Gasteiger partial charge in [-0.05, 0) is 37.0 Å². The highest BCUT2D eigenvalue weighted by atomic mass is 16.3. The Bertz CT molecular complexity index is 158. The molecule has 1 aliphatic rings. The second-order valence-corrected chi connectivity index (χ2v) is 5.15. The number of aliphatic hydroxyl groups is 1. The van der Waals surface area contributed by atoms with Crippen molar-refractivity contribution in [3.63, 3.8) is 0 Å². The molecule has 1 fully saturated rings. The predicted molar refractivity (Wildman–Crippen MR) is 59.7 cm³/mol. The van der Waals surface area contributed by atoms with E-state index in [1.165, 1.54) is 25.7 Å². The van der Waals surface area contributed by atoms with Crippen LogP contribution in [0.5, 0.6) is 0 Å². The van der Waals surface area contributed by atoms with E-state index in [1.807, 2.05) is 0 Å². The third-order valence-electron chi connectivity index (χ3n) is 3.70. The lowest BCUT2D eigenvalue weighted by Crippen LogP contribution is -2.23. The molecule has 0 amide bonds. The fourth-order valence-electron chi connectivity index (χ4n) is 2.67. The zero-order valence-corrected chi connectivity index (χ0v) is 9.58. The van der Waals surface area contributed by atoms with Crippen LogP contribution in [0.4, 0.5) is 0 Å². The molecular weight excluding hydrogens is 174 g/mol. The van der Waals surface area contributed by atoms with E-state index in [2.05, 4.69) is 13.8 Å². The maximum absolute atomic E-state index is 9.03. The summed E-state index contributed by atoms with van der Waals surface area (Å²) in [4.78, 5) is 0. The summed E-state index contributed by atoms with van der Waals surface area (Å²) in [5.74, 6) is 2.51. The van der Waals surface area contributed by atoms with Crippen LogP contribution in [0.1, 0.15) is 52.4 Å². The van der Waals surface area contributed by atoms with Crippen LogP contribution < -0.4 is 5.73 Å². The largest absolute Gasteiger partial charge is 0.379 e. The van der Waals surface area contributed by atoms with Gasteiger partial charge in [0.05, 0.1) is 0 Å². The molecule has 0 radical (unpaired) electrons. The second-order valence-electron chi connectivity index (χ2n) is 5.15. The van der Waals surface area contributed by atoms with Gasteiger partial charge in [0.25, 0.3) is 0 Å². The van der Waals surface area contributed by atoms with Crippen molar-refractivity contribution in [1.29, 1.82) is 0 Å². The highest BCUT2D eigenvalue weighted by Gasteiger charge is 2.23. The quantitative estimate of drug-likeness (QED) is 0.683. The van der Waals surface area contributed by atoms with Gasteiger partial charge in [-0.1, -0.05) is 33.1 Å². The summed E-state index contributed by atoms with van der Waals surface area (Å²) in [6.45, 7) is 4.67. The summed E-state index contributed by atoms with van der Waals surface area (Å²) < 4.78 is 0. The van der Waals surface area contributed by atoms with Crippen molar-refractivity contribution >= 4 is 0 Å². The van der Waals surface area contributed by atoms with E-state index in [-0.39, 0.29) is 0 Å². The van der Waals surface area contributed by atoms with Gasteiger partial charge in [-0.25, -0.2) is 0 Å². The second kappa shape index (κ2) is 5.72. The van der Waals surface area contributed by atoms with Crippen LogP contribution in [-0.2, 0) is 0 Å². The Labute approximate surface area is 87.9 Å². The smallest absolute Gasteiger partial charge is 0.102 e. The van der Waals surface area contributed by atoms with Gasteiger partial charge in [0.15, 0.2) is 0 Å². The number of nitrogens with two attached hydrogens (primary N) is 1. The molecule has 0 aromatic heterocycles. The van der Waals surface area contributed by atoms with Gasteiger partial charge < -0.3 is 10.8 Å². The number of rotatable bonds is 4. The van der Waals surface area contributed by atoms with Gasteiger partial charge in [0, 0.05) is 0 Å². The van der Waals surface area contributed by atoms with Crippen LogP contribution in [0.15, 0.2) is 0 Å². The minimum absolute atomic E-state index is 0.613. The lowest BCUT2D eigenvalue weighted by atomic mass is 9.75. The molecule has 2 heteroatoms. The third-order valence-corrected chi connectivity index (χ3v) is 3.70. The molecule has 84 valence electrons. The van der Waals surface area contributed by atoms with E-state index in [1.54, 1.807) is 0 Å². The van der Waals surface area contributed by atoms with Crippen LogP contribution >= 0.6 is 0 Å². The van der Waals surface area contributed by atoms with E-state index < -0.39 is 6.23 Å². The fourth-order valence-corrected chi connectivity index (χ4v) is 2.67. The number of aliphatic hydroxyl groups excluding tert-OH is 1. The summed E-state index contributed by atoms with van der Waals surface area (Å²) in [6.07, 6.45) is 6.78. The third kappa shape index (κ3) is 3.97. The van der Waals surface area contributed by atoms with Gasteiger partial charge in [0.1, 0.15) is 6.23 Å². The van der Waals surface area contributed by atoms with E-state index >= 15 is 0 Å². The lowest BCUT2D eigenvalue weighted by molar-refractivity contribution is 0.143. The van der Waals surface area contributed by atoms with Crippen molar-refractivity contribution in [1.82, 2.24) is 0 Å². The topological polar surface area (TPSA) is 46.2 Å². The van der Waals surface area contributed by atoms with Gasteiger partial charge in [-0.2, -0.15) is 0 Å². The van der Waals surface area contributed by atoms with Gasteiger partial charge in [0.2, 0.25) is 0 Å². The van der Waals surface area contributed by atoms with Gasteiger partial charge in [-0.3, -0.25) is 0 Å². The molecule has 3 N–H and O–H groups in total. The molecule has 0 aliphatic heterocycles. The van der Waals surface area contributed by atoms with E-state index in [4.69, 9.17) is 10.8 Å². The van der Waals surface area contributed by atoms with E-state index in [0.717, 1.165) is 30.6 Å². The zero-order valence-electron chi connectivity index (χ0n) is 9.58. The van der Waals surface area contributed by atoms with Gasteiger partial charge >= 0.3 is 0 Å². The Balaban J connectivity index is 2.25. The summed E-state index contributed by atoms with van der Waals surface area (Å²) in [5.41, 5.74) is 5.35. The van der Waals surface area contributed by atoms with Crippen LogP contribution in [0.3, 0.4) is 0 Å². The van der Waals surface area contributed by atoms with Crippen molar-refractivity contribution in [2.24, 2.45) is 23.5 Å². The van der Waals surface area contributed by atoms with Crippen LogP contribution in [0.2, 0.25) is 0 Å². The molecule has 0 heterocycles. The normalized spacial score (nSPS) is 32.6. The van der Waals surface area contributed by atoms with Crippen molar-refractivity contribution < 1.29 is 5.11 Å². The highest BCUT2D eigenvalue weighted by Crippen LogP contribution is 2.35. The molecule has 0 spiro atoms. The van der Waals surface area contributed by atoms with E-state index in [9.17, 15) is 0 Å². The fraction of sp³-hybridized carbons (Fsp3) is 1.00. The first kappa shape index (κ1) is 12.0. The van der Waals surface area contributed by atoms with Crippen molar-refractivity contribution in [3.05, 3.63) is 0 Å².